The van der Waals surface area contributed by atoms with Gasteiger partial charge >= 0.3 is 0 Å². The summed E-state index contributed by atoms with van der Waals surface area (Å²) < 4.78 is 10.4. The smallest absolute Gasteiger partial charge is 0.233 e. The van der Waals surface area contributed by atoms with Gasteiger partial charge < -0.3 is 19.7 Å². The van der Waals surface area contributed by atoms with Gasteiger partial charge in [-0.3, -0.25) is 9.59 Å². The quantitative estimate of drug-likeness (QED) is 0.846. The number of likely N-dealkylation sites (tertiary alicyclic amines) is 1. The van der Waals surface area contributed by atoms with Crippen LogP contribution in [0.2, 0.25) is 0 Å². The van der Waals surface area contributed by atoms with Crippen molar-refractivity contribution >= 4 is 17.5 Å². The highest BCUT2D eigenvalue weighted by molar-refractivity contribution is 6.04. The number of ether oxygens (including phenoxy) is 2. The van der Waals surface area contributed by atoms with Crippen LogP contribution in [0.4, 0.5) is 5.69 Å². The fraction of sp³-hybridized carbons (Fsp3) is 0.529. The summed E-state index contributed by atoms with van der Waals surface area (Å²) in [6.07, 6.45) is 4.17. The average Bonchev–Trinajstić information content (AvgIpc) is 2.84. The van der Waals surface area contributed by atoms with Crippen LogP contribution in [-0.4, -0.2) is 44.0 Å². The van der Waals surface area contributed by atoms with E-state index in [1.807, 2.05) is 0 Å². The van der Waals surface area contributed by atoms with Gasteiger partial charge in [-0.2, -0.15) is 0 Å². The maximum absolute atomic E-state index is 12.2. The molecular weight excluding hydrogens is 296 g/mol. The second kappa shape index (κ2) is 8.41. The summed E-state index contributed by atoms with van der Waals surface area (Å²) in [5.74, 6) is 0.679. The van der Waals surface area contributed by atoms with Crippen molar-refractivity contribution in [1.29, 1.82) is 0 Å². The maximum atomic E-state index is 12.2. The van der Waals surface area contributed by atoms with Crippen LogP contribution >= 0.6 is 0 Å². The molecule has 0 aromatic heterocycles. The summed E-state index contributed by atoms with van der Waals surface area (Å²) in [5.41, 5.74) is 0.500. The summed E-state index contributed by atoms with van der Waals surface area (Å²) >= 11 is 0. The Bertz CT molecular complexity index is 552. The Morgan fingerprint density at radius 3 is 2.39 bits per heavy atom. The topological polar surface area (TPSA) is 67.9 Å². The molecule has 6 nitrogen and oxygen atoms in total. The molecule has 0 spiro atoms. The van der Waals surface area contributed by atoms with Crippen LogP contribution in [0.1, 0.15) is 32.1 Å². The van der Waals surface area contributed by atoms with Crippen LogP contribution in [0, 0.1) is 0 Å². The van der Waals surface area contributed by atoms with Crippen molar-refractivity contribution in [2.75, 3.05) is 32.6 Å². The number of rotatable bonds is 5. The predicted octanol–water partition coefficient (Wildman–Crippen LogP) is 2.44. The van der Waals surface area contributed by atoms with Crippen molar-refractivity contribution in [2.45, 2.75) is 32.1 Å². The Morgan fingerprint density at radius 2 is 1.78 bits per heavy atom. The molecule has 1 N–H and O–H groups in total. The Kier molecular flexibility index (Phi) is 6.26. The molecule has 1 aliphatic heterocycles. The summed E-state index contributed by atoms with van der Waals surface area (Å²) in [5, 5.41) is 2.73. The molecule has 0 bridgehead atoms. The fourth-order valence-electron chi connectivity index (χ4n) is 2.68. The fourth-order valence-corrected chi connectivity index (χ4v) is 2.68. The van der Waals surface area contributed by atoms with E-state index in [-0.39, 0.29) is 18.2 Å². The summed E-state index contributed by atoms with van der Waals surface area (Å²) in [7, 11) is 3.08. The first-order valence-electron chi connectivity index (χ1n) is 7.93. The van der Waals surface area contributed by atoms with Gasteiger partial charge in [-0.05, 0) is 25.0 Å². The molecule has 2 rings (SSSR count). The van der Waals surface area contributed by atoms with Gasteiger partial charge in [0.1, 0.15) is 17.9 Å². The first-order chi connectivity index (χ1) is 11.1. The van der Waals surface area contributed by atoms with E-state index < -0.39 is 0 Å². The lowest BCUT2D eigenvalue weighted by Gasteiger charge is -2.20. The van der Waals surface area contributed by atoms with Gasteiger partial charge in [0.25, 0.3) is 0 Å². The van der Waals surface area contributed by atoms with Gasteiger partial charge in [0.15, 0.2) is 0 Å². The van der Waals surface area contributed by atoms with Crippen LogP contribution in [0.5, 0.6) is 11.5 Å². The largest absolute Gasteiger partial charge is 0.497 e. The first kappa shape index (κ1) is 17.1. The van der Waals surface area contributed by atoms with Crippen molar-refractivity contribution in [3.05, 3.63) is 18.2 Å². The van der Waals surface area contributed by atoms with Gasteiger partial charge in [0.05, 0.1) is 19.9 Å². The summed E-state index contributed by atoms with van der Waals surface area (Å²) in [6, 6.07) is 5.13. The Hall–Kier alpha value is -2.24. The minimum absolute atomic E-state index is 0.119. The third-order valence-corrected chi connectivity index (χ3v) is 3.95. The molecule has 1 aliphatic rings. The maximum Gasteiger partial charge on any atom is 0.233 e. The Balaban J connectivity index is 1.97. The average molecular weight is 320 g/mol. The number of anilines is 1. The number of hydrogen-bond acceptors (Lipinski definition) is 4. The zero-order chi connectivity index (χ0) is 16.7. The van der Waals surface area contributed by atoms with Gasteiger partial charge in [-0.15, -0.1) is 0 Å². The minimum atomic E-state index is -0.342. The van der Waals surface area contributed by atoms with Crippen molar-refractivity contribution in [3.63, 3.8) is 0 Å². The highest BCUT2D eigenvalue weighted by atomic mass is 16.5. The van der Waals surface area contributed by atoms with Crippen molar-refractivity contribution < 1.29 is 19.1 Å². The van der Waals surface area contributed by atoms with Gasteiger partial charge in [-0.25, -0.2) is 0 Å². The normalized spacial score (nSPS) is 14.8. The molecule has 6 heteroatoms. The van der Waals surface area contributed by atoms with E-state index in [1.54, 1.807) is 30.2 Å². The van der Waals surface area contributed by atoms with Crippen LogP contribution in [0.15, 0.2) is 18.2 Å². The molecule has 1 heterocycles. The molecule has 2 amide bonds. The molecule has 1 aromatic carbocycles. The third kappa shape index (κ3) is 4.87. The van der Waals surface area contributed by atoms with E-state index in [0.29, 0.717) is 17.2 Å². The van der Waals surface area contributed by atoms with Crippen LogP contribution < -0.4 is 14.8 Å². The molecular formula is C17H24N2O4. The molecule has 1 aromatic rings. The van der Waals surface area contributed by atoms with E-state index in [9.17, 15) is 9.59 Å². The summed E-state index contributed by atoms with van der Waals surface area (Å²) in [6.45, 7) is 1.49. The highest BCUT2D eigenvalue weighted by Crippen LogP contribution is 2.29. The number of methoxy groups -OCH3 is 2. The monoisotopic (exact) mass is 320 g/mol. The molecule has 23 heavy (non-hydrogen) atoms. The van der Waals surface area contributed by atoms with Crippen molar-refractivity contribution in [1.82, 2.24) is 4.90 Å². The lowest BCUT2D eigenvalue weighted by Crippen LogP contribution is -2.34. The number of benzene rings is 1. The molecule has 0 unspecified atom stereocenters. The number of carbonyl (C=O) groups is 2. The van der Waals surface area contributed by atoms with Crippen LogP contribution in [0.3, 0.4) is 0 Å². The van der Waals surface area contributed by atoms with E-state index in [0.717, 1.165) is 38.8 Å². The molecule has 0 aliphatic carbocycles. The molecule has 0 radical (unpaired) electrons. The van der Waals surface area contributed by atoms with E-state index in [2.05, 4.69) is 5.32 Å². The van der Waals surface area contributed by atoms with E-state index in [4.69, 9.17) is 9.47 Å². The standard InChI is InChI=1S/C17H24N2O4/c1-22-13-7-8-15(23-2)14(11-13)18-16(20)12-17(21)19-9-5-3-4-6-10-19/h7-8,11H,3-6,9-10,12H2,1-2H3,(H,18,20). The second-order valence-corrected chi connectivity index (χ2v) is 5.59. The SMILES string of the molecule is COc1ccc(OC)c(NC(=O)CC(=O)N2CCCCCC2)c1. The number of hydrogen-bond donors (Lipinski definition) is 1. The number of nitrogens with one attached hydrogen (secondary N) is 1. The first-order valence-corrected chi connectivity index (χ1v) is 7.93. The zero-order valence-corrected chi connectivity index (χ0v) is 13.8. The number of amides is 2. The van der Waals surface area contributed by atoms with Gasteiger partial charge in [0, 0.05) is 19.2 Å². The van der Waals surface area contributed by atoms with Crippen LogP contribution in [0.25, 0.3) is 0 Å². The van der Waals surface area contributed by atoms with Gasteiger partial charge in [-0.1, -0.05) is 12.8 Å². The highest BCUT2D eigenvalue weighted by Gasteiger charge is 2.19. The molecule has 0 atom stereocenters. The van der Waals surface area contributed by atoms with Gasteiger partial charge in [0.2, 0.25) is 11.8 Å². The lowest BCUT2D eigenvalue weighted by molar-refractivity contribution is -0.134. The van der Waals surface area contributed by atoms with Crippen LogP contribution in [-0.2, 0) is 9.59 Å². The second-order valence-electron chi connectivity index (χ2n) is 5.59. The van der Waals surface area contributed by atoms with E-state index in [1.165, 1.54) is 7.11 Å². The van der Waals surface area contributed by atoms with Crippen molar-refractivity contribution in [2.24, 2.45) is 0 Å². The molecule has 0 saturated carbocycles. The minimum Gasteiger partial charge on any atom is -0.497 e. The number of carbonyl (C=O) groups excluding carboxylic acids is 2. The lowest BCUT2D eigenvalue weighted by atomic mass is 10.2. The van der Waals surface area contributed by atoms with E-state index >= 15 is 0 Å². The Labute approximate surface area is 136 Å². The van der Waals surface area contributed by atoms with Crippen molar-refractivity contribution in [3.8, 4) is 11.5 Å². The predicted molar refractivity (Wildman–Crippen MR) is 87.8 cm³/mol. The third-order valence-electron chi connectivity index (χ3n) is 3.95. The molecule has 1 saturated heterocycles. The Morgan fingerprint density at radius 1 is 1.09 bits per heavy atom. The zero-order valence-electron chi connectivity index (χ0n) is 13.8. The number of nitrogens with zero attached hydrogens (tertiary/aromatic N) is 1. The summed E-state index contributed by atoms with van der Waals surface area (Å²) in [4.78, 5) is 26.2. The molecule has 1 fully saturated rings. The molecule has 126 valence electrons.